The van der Waals surface area contributed by atoms with Crippen molar-refractivity contribution < 1.29 is 14.0 Å². The van der Waals surface area contributed by atoms with Gasteiger partial charge in [-0.05, 0) is 68.0 Å². The molecule has 0 bridgehead atoms. The molecular weight excluding hydrogens is 357 g/mol. The highest BCUT2D eigenvalue weighted by Crippen LogP contribution is 2.20. The highest BCUT2D eigenvalue weighted by Gasteiger charge is 2.13. The molecule has 0 aromatic heterocycles. The summed E-state index contributed by atoms with van der Waals surface area (Å²) in [5.41, 5.74) is 2.74. The third-order valence-corrected chi connectivity index (χ3v) is 4.87. The predicted octanol–water partition coefficient (Wildman–Crippen LogP) is 3.50. The molecule has 1 saturated heterocycles. The van der Waals surface area contributed by atoms with Crippen molar-refractivity contribution >= 4 is 23.2 Å². The first-order chi connectivity index (χ1) is 13.6. The zero-order chi connectivity index (χ0) is 19.8. The minimum atomic E-state index is -0.795. The Kier molecular flexibility index (Phi) is 7.00. The smallest absolute Gasteiger partial charge is 0.313 e. The summed E-state index contributed by atoms with van der Waals surface area (Å²) in [5.74, 6) is -1.98. The number of halogens is 1. The number of hydrogen-bond donors (Lipinski definition) is 2. The lowest BCUT2D eigenvalue weighted by Gasteiger charge is -2.28. The molecule has 148 valence electrons. The van der Waals surface area contributed by atoms with Crippen LogP contribution in [0.1, 0.15) is 31.2 Å². The Morgan fingerprint density at radius 1 is 0.964 bits per heavy atom. The van der Waals surface area contributed by atoms with Gasteiger partial charge in [-0.15, -0.1) is 0 Å². The summed E-state index contributed by atoms with van der Waals surface area (Å²) in [7, 11) is 0. The second-order valence-electron chi connectivity index (χ2n) is 7.04. The van der Waals surface area contributed by atoms with Crippen molar-refractivity contribution in [1.29, 1.82) is 0 Å². The molecule has 0 unspecified atom stereocenters. The first-order valence-corrected chi connectivity index (χ1v) is 9.80. The maximum absolute atomic E-state index is 13.1. The van der Waals surface area contributed by atoms with Gasteiger partial charge >= 0.3 is 11.8 Å². The van der Waals surface area contributed by atoms with E-state index < -0.39 is 17.6 Å². The van der Waals surface area contributed by atoms with Gasteiger partial charge in [0.1, 0.15) is 5.82 Å². The number of carbonyl (C=O) groups is 2. The molecule has 0 atom stereocenters. The summed E-state index contributed by atoms with van der Waals surface area (Å²) in [6, 6.07) is 14.0. The summed E-state index contributed by atoms with van der Waals surface area (Å²) in [6.45, 7) is 2.66. The number of nitrogens with zero attached hydrogens (tertiary/aromatic N) is 1. The number of benzene rings is 2. The van der Waals surface area contributed by atoms with Crippen molar-refractivity contribution in [2.24, 2.45) is 0 Å². The summed E-state index contributed by atoms with van der Waals surface area (Å²) >= 11 is 0. The lowest BCUT2D eigenvalue weighted by molar-refractivity contribution is -0.136. The predicted molar refractivity (Wildman–Crippen MR) is 109 cm³/mol. The van der Waals surface area contributed by atoms with Crippen LogP contribution < -0.4 is 15.5 Å². The molecule has 2 N–H and O–H groups in total. The summed E-state index contributed by atoms with van der Waals surface area (Å²) in [4.78, 5) is 26.1. The topological polar surface area (TPSA) is 61.4 Å². The number of amides is 2. The first kappa shape index (κ1) is 19.9. The lowest BCUT2D eigenvalue weighted by atomic mass is 10.1. The molecule has 2 amide bonds. The van der Waals surface area contributed by atoms with Gasteiger partial charge in [-0.3, -0.25) is 9.59 Å². The van der Waals surface area contributed by atoms with Crippen molar-refractivity contribution in [3.05, 3.63) is 59.9 Å². The lowest BCUT2D eigenvalue weighted by Crippen LogP contribution is -2.36. The standard InChI is InChI=1S/C22H26FN3O2/c23-18-7-4-8-19(16-18)25-22(28)21(27)24-13-5-6-17-9-11-20(12-10-17)26-14-2-1-3-15-26/h4,7-12,16H,1-3,5-6,13-15H2,(H,24,27)(H,25,28). The molecule has 1 aliphatic rings. The molecule has 3 rings (SSSR count). The maximum Gasteiger partial charge on any atom is 0.313 e. The number of carbonyl (C=O) groups excluding carboxylic acids is 2. The fourth-order valence-corrected chi connectivity index (χ4v) is 3.35. The van der Waals surface area contributed by atoms with Gasteiger partial charge in [0.15, 0.2) is 0 Å². The van der Waals surface area contributed by atoms with Gasteiger partial charge in [0, 0.05) is 31.0 Å². The van der Waals surface area contributed by atoms with E-state index in [0.717, 1.165) is 25.9 Å². The largest absolute Gasteiger partial charge is 0.372 e. The number of rotatable bonds is 6. The van der Waals surface area contributed by atoms with Crippen LogP contribution in [0, 0.1) is 5.82 Å². The molecule has 28 heavy (non-hydrogen) atoms. The summed E-state index contributed by atoms with van der Waals surface area (Å²) < 4.78 is 13.1. The molecule has 5 nitrogen and oxygen atoms in total. The molecule has 0 saturated carbocycles. The number of aryl methyl sites for hydroxylation is 1. The average molecular weight is 383 g/mol. The van der Waals surface area contributed by atoms with Gasteiger partial charge in [-0.25, -0.2) is 4.39 Å². The molecule has 1 heterocycles. The van der Waals surface area contributed by atoms with Crippen LogP contribution in [0.25, 0.3) is 0 Å². The SMILES string of the molecule is O=C(NCCCc1ccc(N2CCCCC2)cc1)C(=O)Nc1cccc(F)c1. The van der Waals surface area contributed by atoms with Crippen LogP contribution in [0.2, 0.25) is 0 Å². The highest BCUT2D eigenvalue weighted by molar-refractivity contribution is 6.39. The molecule has 2 aromatic carbocycles. The fraction of sp³-hybridized carbons (Fsp3) is 0.364. The Morgan fingerprint density at radius 3 is 2.43 bits per heavy atom. The van der Waals surface area contributed by atoms with Gasteiger partial charge in [-0.1, -0.05) is 18.2 Å². The van der Waals surface area contributed by atoms with E-state index in [1.54, 1.807) is 0 Å². The molecule has 1 fully saturated rings. The van der Waals surface area contributed by atoms with Gasteiger partial charge in [-0.2, -0.15) is 0 Å². The van der Waals surface area contributed by atoms with E-state index in [0.29, 0.717) is 6.54 Å². The maximum atomic E-state index is 13.1. The minimum Gasteiger partial charge on any atom is -0.372 e. The monoisotopic (exact) mass is 383 g/mol. The number of nitrogens with one attached hydrogen (secondary N) is 2. The van der Waals surface area contributed by atoms with E-state index in [1.165, 1.54) is 54.8 Å². The Labute approximate surface area is 164 Å². The second kappa shape index (κ2) is 9.88. The van der Waals surface area contributed by atoms with Crippen LogP contribution in [0.15, 0.2) is 48.5 Å². The molecule has 1 aliphatic heterocycles. The molecule has 0 spiro atoms. The van der Waals surface area contributed by atoms with Gasteiger partial charge in [0.25, 0.3) is 0 Å². The zero-order valence-electron chi connectivity index (χ0n) is 15.9. The molecule has 2 aromatic rings. The molecular formula is C22H26FN3O2. The quantitative estimate of drug-likeness (QED) is 0.593. The minimum absolute atomic E-state index is 0.258. The van der Waals surface area contributed by atoms with Gasteiger partial charge < -0.3 is 15.5 Å². The van der Waals surface area contributed by atoms with Crippen LogP contribution in [0.3, 0.4) is 0 Å². The van der Waals surface area contributed by atoms with Gasteiger partial charge in [0.05, 0.1) is 0 Å². The van der Waals surface area contributed by atoms with Crippen LogP contribution in [0.4, 0.5) is 15.8 Å². The van der Waals surface area contributed by atoms with Crippen molar-refractivity contribution in [3.8, 4) is 0 Å². The van der Waals surface area contributed by atoms with Crippen LogP contribution >= 0.6 is 0 Å². The van der Waals surface area contributed by atoms with Crippen LogP contribution in [-0.2, 0) is 16.0 Å². The Balaban J connectivity index is 1.37. The van der Waals surface area contributed by atoms with Gasteiger partial charge in [0.2, 0.25) is 0 Å². The number of hydrogen-bond acceptors (Lipinski definition) is 3. The zero-order valence-corrected chi connectivity index (χ0v) is 15.9. The Hall–Kier alpha value is -2.89. The van der Waals surface area contributed by atoms with E-state index in [2.05, 4.69) is 39.8 Å². The molecule has 6 heteroatoms. The van der Waals surface area contributed by atoms with E-state index in [1.807, 2.05) is 0 Å². The Morgan fingerprint density at radius 2 is 1.71 bits per heavy atom. The fourth-order valence-electron chi connectivity index (χ4n) is 3.35. The van der Waals surface area contributed by atoms with Crippen LogP contribution in [-0.4, -0.2) is 31.4 Å². The summed E-state index contributed by atoms with van der Waals surface area (Å²) in [6.07, 6.45) is 5.40. The number of piperidine rings is 1. The van der Waals surface area contributed by atoms with E-state index >= 15 is 0 Å². The first-order valence-electron chi connectivity index (χ1n) is 9.80. The van der Waals surface area contributed by atoms with E-state index in [-0.39, 0.29) is 5.69 Å². The van der Waals surface area contributed by atoms with Crippen molar-refractivity contribution in [3.63, 3.8) is 0 Å². The highest BCUT2D eigenvalue weighted by atomic mass is 19.1. The molecule has 0 radical (unpaired) electrons. The van der Waals surface area contributed by atoms with Crippen molar-refractivity contribution in [2.45, 2.75) is 32.1 Å². The van der Waals surface area contributed by atoms with Crippen molar-refractivity contribution in [1.82, 2.24) is 5.32 Å². The Bertz CT molecular complexity index is 802. The normalized spacial score (nSPS) is 13.8. The summed E-state index contributed by atoms with van der Waals surface area (Å²) in [5, 5.41) is 4.98. The van der Waals surface area contributed by atoms with Crippen molar-refractivity contribution in [2.75, 3.05) is 29.9 Å². The third kappa shape index (κ3) is 5.81. The van der Waals surface area contributed by atoms with E-state index in [4.69, 9.17) is 0 Å². The third-order valence-electron chi connectivity index (χ3n) is 4.87. The molecule has 0 aliphatic carbocycles. The second-order valence-corrected chi connectivity index (χ2v) is 7.04. The average Bonchev–Trinajstić information content (AvgIpc) is 2.72. The van der Waals surface area contributed by atoms with E-state index in [9.17, 15) is 14.0 Å². The number of anilines is 2. The van der Waals surface area contributed by atoms with Crippen LogP contribution in [0.5, 0.6) is 0 Å².